The number of halogens is 1. The number of methoxy groups -OCH3 is 1. The van der Waals surface area contributed by atoms with Gasteiger partial charge >= 0.3 is 0 Å². The number of para-hydroxylation sites is 1. The summed E-state index contributed by atoms with van der Waals surface area (Å²) in [5.41, 5.74) is 2.39. The van der Waals surface area contributed by atoms with Gasteiger partial charge in [0.15, 0.2) is 0 Å². The van der Waals surface area contributed by atoms with Gasteiger partial charge in [-0.05, 0) is 42.0 Å². The summed E-state index contributed by atoms with van der Waals surface area (Å²) in [6.07, 6.45) is 5.32. The lowest BCUT2D eigenvalue weighted by atomic mass is 9.95. The van der Waals surface area contributed by atoms with Crippen LogP contribution in [0.4, 0.5) is 0 Å². The van der Waals surface area contributed by atoms with E-state index < -0.39 is 0 Å². The second-order valence-electron chi connectivity index (χ2n) is 4.37. The molecular weight excluding hydrogens is 248 g/mol. The lowest BCUT2D eigenvalue weighted by Gasteiger charge is -2.15. The van der Waals surface area contributed by atoms with Crippen LogP contribution < -0.4 is 4.74 Å². The van der Waals surface area contributed by atoms with E-state index in [-0.39, 0.29) is 0 Å². The van der Waals surface area contributed by atoms with Gasteiger partial charge in [0, 0.05) is 5.88 Å². The molecule has 2 rings (SSSR count). The van der Waals surface area contributed by atoms with Crippen molar-refractivity contribution in [2.24, 2.45) is 5.92 Å². The summed E-state index contributed by atoms with van der Waals surface area (Å²) in [6, 6.07) is 10.1. The average Bonchev–Trinajstić information content (AvgIpc) is 2.91. The summed E-state index contributed by atoms with van der Waals surface area (Å²) >= 11 is 6.06. The third-order valence-electron chi connectivity index (χ3n) is 3.02. The van der Waals surface area contributed by atoms with Crippen LogP contribution >= 0.6 is 11.6 Å². The molecule has 1 atom stereocenters. The van der Waals surface area contributed by atoms with Crippen LogP contribution in [0.2, 0.25) is 0 Å². The molecule has 0 saturated heterocycles. The quantitative estimate of drug-likeness (QED) is 0.738. The molecule has 1 aromatic heterocycles. The highest BCUT2D eigenvalue weighted by Crippen LogP contribution is 2.23. The summed E-state index contributed by atoms with van der Waals surface area (Å²) < 4.78 is 10.5. The van der Waals surface area contributed by atoms with Crippen LogP contribution in [0.3, 0.4) is 0 Å². The van der Waals surface area contributed by atoms with Crippen molar-refractivity contribution >= 4 is 11.6 Å². The zero-order valence-corrected chi connectivity index (χ0v) is 11.2. The van der Waals surface area contributed by atoms with Crippen molar-refractivity contribution in [1.82, 2.24) is 0 Å². The Bertz CT molecular complexity index is 465. The van der Waals surface area contributed by atoms with E-state index in [0.29, 0.717) is 11.8 Å². The molecule has 3 heteroatoms. The molecule has 1 unspecified atom stereocenters. The monoisotopic (exact) mass is 264 g/mol. The predicted molar refractivity (Wildman–Crippen MR) is 73.3 cm³/mol. The topological polar surface area (TPSA) is 22.4 Å². The molecule has 0 fully saturated rings. The first kappa shape index (κ1) is 13.0. The summed E-state index contributed by atoms with van der Waals surface area (Å²) in [5.74, 6) is 1.95. The van der Waals surface area contributed by atoms with Gasteiger partial charge in [0.1, 0.15) is 5.75 Å². The number of rotatable bonds is 6. The van der Waals surface area contributed by atoms with Gasteiger partial charge in [-0.15, -0.1) is 11.6 Å². The Morgan fingerprint density at radius 2 is 2.06 bits per heavy atom. The summed E-state index contributed by atoms with van der Waals surface area (Å²) in [5, 5.41) is 0. The molecule has 0 saturated carbocycles. The Morgan fingerprint density at radius 3 is 2.72 bits per heavy atom. The van der Waals surface area contributed by atoms with Crippen molar-refractivity contribution in [2.45, 2.75) is 12.8 Å². The Morgan fingerprint density at radius 1 is 1.22 bits per heavy atom. The Hall–Kier alpha value is -1.41. The van der Waals surface area contributed by atoms with E-state index in [1.165, 1.54) is 11.1 Å². The van der Waals surface area contributed by atoms with Crippen molar-refractivity contribution in [1.29, 1.82) is 0 Å². The molecule has 96 valence electrons. The van der Waals surface area contributed by atoms with Gasteiger partial charge in [-0.3, -0.25) is 0 Å². The van der Waals surface area contributed by atoms with Crippen LogP contribution in [0.1, 0.15) is 11.1 Å². The fraction of sp³-hybridized carbons (Fsp3) is 0.333. The van der Waals surface area contributed by atoms with E-state index >= 15 is 0 Å². The minimum absolute atomic E-state index is 0.389. The first-order chi connectivity index (χ1) is 8.83. The van der Waals surface area contributed by atoms with Gasteiger partial charge in [0.2, 0.25) is 0 Å². The maximum atomic E-state index is 6.06. The number of benzene rings is 1. The van der Waals surface area contributed by atoms with E-state index in [0.717, 1.165) is 18.6 Å². The number of ether oxygens (including phenoxy) is 1. The molecule has 2 aromatic rings. The maximum absolute atomic E-state index is 6.06. The van der Waals surface area contributed by atoms with Crippen molar-refractivity contribution in [3.63, 3.8) is 0 Å². The van der Waals surface area contributed by atoms with Crippen LogP contribution in [0, 0.1) is 5.92 Å². The molecule has 0 spiro atoms. The van der Waals surface area contributed by atoms with Crippen LogP contribution in [-0.2, 0) is 12.8 Å². The van der Waals surface area contributed by atoms with Crippen LogP contribution in [0.25, 0.3) is 0 Å². The molecule has 0 aliphatic rings. The maximum Gasteiger partial charge on any atom is 0.122 e. The molecule has 1 heterocycles. The molecule has 1 aromatic carbocycles. The molecule has 18 heavy (non-hydrogen) atoms. The molecule has 0 aliphatic heterocycles. The Labute approximate surface area is 113 Å². The first-order valence-electron chi connectivity index (χ1n) is 6.02. The second-order valence-corrected chi connectivity index (χ2v) is 4.68. The highest BCUT2D eigenvalue weighted by atomic mass is 35.5. The lowest BCUT2D eigenvalue weighted by molar-refractivity contribution is 0.405. The highest BCUT2D eigenvalue weighted by Gasteiger charge is 2.13. The number of hydrogen-bond donors (Lipinski definition) is 0. The van der Waals surface area contributed by atoms with Gasteiger partial charge in [-0.25, -0.2) is 0 Å². The predicted octanol–water partition coefficient (Wildman–Crippen LogP) is 3.93. The molecule has 0 aliphatic carbocycles. The van der Waals surface area contributed by atoms with E-state index in [1.807, 2.05) is 24.3 Å². The van der Waals surface area contributed by atoms with Crippen LogP contribution in [-0.4, -0.2) is 13.0 Å². The third kappa shape index (κ3) is 3.30. The minimum atomic E-state index is 0.389. The largest absolute Gasteiger partial charge is 0.496 e. The Kier molecular flexibility index (Phi) is 4.71. The van der Waals surface area contributed by atoms with E-state index in [4.69, 9.17) is 20.8 Å². The second kappa shape index (κ2) is 6.50. The normalized spacial score (nSPS) is 12.3. The summed E-state index contributed by atoms with van der Waals surface area (Å²) in [6.45, 7) is 0. The van der Waals surface area contributed by atoms with E-state index in [1.54, 1.807) is 19.6 Å². The molecule has 0 radical (unpaired) electrons. The van der Waals surface area contributed by atoms with E-state index in [9.17, 15) is 0 Å². The van der Waals surface area contributed by atoms with Gasteiger partial charge < -0.3 is 9.15 Å². The molecule has 0 bridgehead atoms. The van der Waals surface area contributed by atoms with Crippen molar-refractivity contribution in [3.8, 4) is 5.75 Å². The van der Waals surface area contributed by atoms with Gasteiger partial charge in [0.25, 0.3) is 0 Å². The van der Waals surface area contributed by atoms with Gasteiger partial charge in [-0.2, -0.15) is 0 Å². The summed E-state index contributed by atoms with van der Waals surface area (Å²) in [7, 11) is 1.70. The first-order valence-corrected chi connectivity index (χ1v) is 6.56. The van der Waals surface area contributed by atoms with Crippen molar-refractivity contribution in [3.05, 3.63) is 54.0 Å². The zero-order valence-electron chi connectivity index (χ0n) is 10.4. The SMILES string of the molecule is COc1ccccc1CC(CCl)Cc1ccoc1. The molecule has 0 amide bonds. The number of furan rings is 1. The average molecular weight is 265 g/mol. The fourth-order valence-corrected chi connectivity index (χ4v) is 2.32. The smallest absolute Gasteiger partial charge is 0.122 e. The van der Waals surface area contributed by atoms with Gasteiger partial charge in [0.05, 0.1) is 19.6 Å². The Balaban J connectivity index is 2.05. The van der Waals surface area contributed by atoms with Gasteiger partial charge in [-0.1, -0.05) is 18.2 Å². The minimum Gasteiger partial charge on any atom is -0.496 e. The fourth-order valence-electron chi connectivity index (χ4n) is 2.11. The number of alkyl halides is 1. The molecular formula is C15H17ClO2. The van der Waals surface area contributed by atoms with Crippen LogP contribution in [0.15, 0.2) is 47.3 Å². The number of hydrogen-bond acceptors (Lipinski definition) is 2. The van der Waals surface area contributed by atoms with Crippen molar-refractivity contribution in [2.75, 3.05) is 13.0 Å². The van der Waals surface area contributed by atoms with Crippen molar-refractivity contribution < 1.29 is 9.15 Å². The highest BCUT2D eigenvalue weighted by molar-refractivity contribution is 6.18. The zero-order chi connectivity index (χ0) is 12.8. The van der Waals surface area contributed by atoms with Crippen LogP contribution in [0.5, 0.6) is 5.75 Å². The molecule has 2 nitrogen and oxygen atoms in total. The van der Waals surface area contributed by atoms with E-state index in [2.05, 4.69) is 6.07 Å². The standard InChI is InChI=1S/C15H17ClO2/c1-17-15-5-3-2-4-14(15)9-13(10-16)8-12-6-7-18-11-12/h2-7,11,13H,8-10H2,1H3. The lowest BCUT2D eigenvalue weighted by Crippen LogP contribution is -2.10. The molecule has 0 N–H and O–H groups in total. The summed E-state index contributed by atoms with van der Waals surface area (Å²) in [4.78, 5) is 0. The third-order valence-corrected chi connectivity index (χ3v) is 3.46.